The van der Waals surface area contributed by atoms with E-state index in [1.165, 1.54) is 4.57 Å². The molecule has 7 nitrogen and oxygen atoms in total. The van der Waals surface area contributed by atoms with Gasteiger partial charge in [-0.05, 0) is 49.7 Å². The molecule has 0 bridgehead atoms. The standard InChI is InChI=1S/C24H34N4O3/c1-17(2)15-26-11-13-27(14-12-26)22(29)19-9-7-18(8-10-19)16-28-23(30)20-5-3-4-6-21(20)25-24(28)31/h3-6,17-19H,7-16H2,1-2H3,(H,25,31). The molecule has 7 heteroatoms. The number of hydrogen-bond donors (Lipinski definition) is 1. The topological polar surface area (TPSA) is 78.4 Å². The molecule has 1 amide bonds. The normalized spacial score (nSPS) is 22.9. The smallest absolute Gasteiger partial charge is 0.328 e. The Morgan fingerprint density at radius 1 is 1.03 bits per heavy atom. The first-order chi connectivity index (χ1) is 14.9. The molecule has 31 heavy (non-hydrogen) atoms. The van der Waals surface area contributed by atoms with Crippen LogP contribution in [0.2, 0.25) is 0 Å². The zero-order valence-electron chi connectivity index (χ0n) is 18.7. The second-order valence-corrected chi connectivity index (χ2v) is 9.63. The second-order valence-electron chi connectivity index (χ2n) is 9.63. The van der Waals surface area contributed by atoms with E-state index in [0.717, 1.165) is 58.4 Å². The van der Waals surface area contributed by atoms with Crippen molar-refractivity contribution in [1.29, 1.82) is 0 Å². The Bertz CT molecular complexity index is 1030. The predicted octanol–water partition coefficient (Wildman–Crippen LogP) is 2.30. The Labute approximate surface area is 183 Å². The third-order valence-corrected chi connectivity index (χ3v) is 6.83. The summed E-state index contributed by atoms with van der Waals surface area (Å²) in [7, 11) is 0. The first-order valence-corrected chi connectivity index (χ1v) is 11.7. The van der Waals surface area contributed by atoms with Crippen molar-refractivity contribution in [2.45, 2.75) is 46.1 Å². The molecule has 1 saturated heterocycles. The highest BCUT2D eigenvalue weighted by atomic mass is 16.2. The Kier molecular flexibility index (Phi) is 6.60. The van der Waals surface area contributed by atoms with E-state index in [1.807, 2.05) is 17.0 Å². The first kappa shape index (κ1) is 21.8. The van der Waals surface area contributed by atoms with Crippen LogP contribution in [0.15, 0.2) is 33.9 Å². The van der Waals surface area contributed by atoms with Crippen LogP contribution in [-0.4, -0.2) is 58.0 Å². The van der Waals surface area contributed by atoms with Crippen LogP contribution in [0.4, 0.5) is 0 Å². The average Bonchev–Trinajstić information content (AvgIpc) is 2.77. The highest BCUT2D eigenvalue weighted by Gasteiger charge is 2.31. The van der Waals surface area contributed by atoms with Gasteiger partial charge in [-0.15, -0.1) is 0 Å². The highest BCUT2D eigenvalue weighted by molar-refractivity contribution is 5.79. The maximum Gasteiger partial charge on any atom is 0.328 e. The Morgan fingerprint density at radius 3 is 2.39 bits per heavy atom. The Hall–Kier alpha value is -2.41. The molecule has 2 heterocycles. The van der Waals surface area contributed by atoms with Gasteiger partial charge in [0, 0.05) is 45.2 Å². The minimum absolute atomic E-state index is 0.0829. The Balaban J connectivity index is 1.32. The van der Waals surface area contributed by atoms with Crippen LogP contribution in [-0.2, 0) is 11.3 Å². The van der Waals surface area contributed by atoms with Crippen LogP contribution in [0.3, 0.4) is 0 Å². The third kappa shape index (κ3) is 4.92. The van der Waals surface area contributed by atoms with Crippen molar-refractivity contribution in [3.05, 3.63) is 45.1 Å². The predicted molar refractivity (Wildman–Crippen MR) is 122 cm³/mol. The molecular formula is C24H34N4O3. The Morgan fingerprint density at radius 2 is 1.71 bits per heavy atom. The van der Waals surface area contributed by atoms with Gasteiger partial charge in [0.15, 0.2) is 0 Å². The minimum atomic E-state index is -0.346. The highest BCUT2D eigenvalue weighted by Crippen LogP contribution is 2.31. The number of aromatic amines is 1. The maximum absolute atomic E-state index is 13.0. The van der Waals surface area contributed by atoms with Gasteiger partial charge in [-0.2, -0.15) is 0 Å². The number of H-pyrrole nitrogens is 1. The number of aromatic nitrogens is 2. The van der Waals surface area contributed by atoms with Gasteiger partial charge in [0.25, 0.3) is 5.56 Å². The fraction of sp³-hybridized carbons (Fsp3) is 0.625. The average molecular weight is 427 g/mol. The van der Waals surface area contributed by atoms with E-state index in [9.17, 15) is 14.4 Å². The summed E-state index contributed by atoms with van der Waals surface area (Å²) in [5, 5.41) is 0.544. The van der Waals surface area contributed by atoms with E-state index in [2.05, 4.69) is 23.7 Å². The summed E-state index contributed by atoms with van der Waals surface area (Å²) < 4.78 is 1.34. The van der Waals surface area contributed by atoms with Gasteiger partial charge in [-0.1, -0.05) is 26.0 Å². The molecule has 0 spiro atoms. The number of piperazine rings is 1. The molecule has 1 aliphatic heterocycles. The third-order valence-electron chi connectivity index (χ3n) is 6.83. The van der Waals surface area contributed by atoms with Crippen molar-refractivity contribution in [3.8, 4) is 0 Å². The minimum Gasteiger partial charge on any atom is -0.340 e. The van der Waals surface area contributed by atoms with Crippen molar-refractivity contribution < 1.29 is 4.79 Å². The van der Waals surface area contributed by atoms with Gasteiger partial charge in [0.05, 0.1) is 10.9 Å². The molecule has 1 aromatic carbocycles. The molecular weight excluding hydrogens is 392 g/mol. The molecule has 2 aliphatic rings. The molecule has 4 rings (SSSR count). The lowest BCUT2D eigenvalue weighted by Crippen LogP contribution is -2.51. The number of carbonyl (C=O) groups is 1. The van der Waals surface area contributed by atoms with Crippen LogP contribution in [0.1, 0.15) is 39.5 Å². The van der Waals surface area contributed by atoms with Crippen molar-refractivity contribution in [2.75, 3.05) is 32.7 Å². The maximum atomic E-state index is 13.0. The van der Waals surface area contributed by atoms with Gasteiger partial charge in [0.1, 0.15) is 0 Å². The molecule has 1 aliphatic carbocycles. The van der Waals surface area contributed by atoms with E-state index in [1.54, 1.807) is 12.1 Å². The van der Waals surface area contributed by atoms with Crippen LogP contribution in [0, 0.1) is 17.8 Å². The van der Waals surface area contributed by atoms with Gasteiger partial charge >= 0.3 is 5.69 Å². The number of para-hydroxylation sites is 1. The number of carbonyl (C=O) groups excluding carboxylic acids is 1. The van der Waals surface area contributed by atoms with Crippen molar-refractivity contribution in [3.63, 3.8) is 0 Å². The van der Waals surface area contributed by atoms with Gasteiger partial charge < -0.3 is 9.88 Å². The number of fused-ring (bicyclic) bond motifs is 1. The number of rotatable bonds is 5. The molecule has 0 radical (unpaired) electrons. The van der Waals surface area contributed by atoms with Crippen LogP contribution in [0.5, 0.6) is 0 Å². The van der Waals surface area contributed by atoms with Crippen molar-refractivity contribution >= 4 is 16.8 Å². The van der Waals surface area contributed by atoms with Gasteiger partial charge in [-0.3, -0.25) is 19.1 Å². The molecule has 0 unspecified atom stereocenters. The summed E-state index contributed by atoms with van der Waals surface area (Å²) in [5.74, 6) is 1.29. The van der Waals surface area contributed by atoms with E-state index in [0.29, 0.717) is 29.3 Å². The van der Waals surface area contributed by atoms with Gasteiger partial charge in [0.2, 0.25) is 5.91 Å². The fourth-order valence-corrected chi connectivity index (χ4v) is 5.14. The second kappa shape index (κ2) is 9.39. The zero-order valence-corrected chi connectivity index (χ0v) is 18.7. The summed E-state index contributed by atoms with van der Waals surface area (Å²) in [4.78, 5) is 45.5. The van der Waals surface area contributed by atoms with Crippen LogP contribution < -0.4 is 11.2 Å². The molecule has 1 N–H and O–H groups in total. The number of benzene rings is 1. The molecule has 2 aromatic rings. The molecule has 1 saturated carbocycles. The van der Waals surface area contributed by atoms with E-state index in [-0.39, 0.29) is 23.1 Å². The number of amides is 1. The number of nitrogens with zero attached hydrogens (tertiary/aromatic N) is 3. The lowest BCUT2D eigenvalue weighted by molar-refractivity contribution is -0.138. The molecule has 2 fully saturated rings. The summed E-state index contributed by atoms with van der Waals surface area (Å²) in [6.45, 7) is 9.57. The lowest BCUT2D eigenvalue weighted by atomic mass is 9.81. The summed E-state index contributed by atoms with van der Waals surface area (Å²) in [6, 6.07) is 7.12. The summed E-state index contributed by atoms with van der Waals surface area (Å²) in [5.41, 5.74) is 0.00883. The van der Waals surface area contributed by atoms with Crippen LogP contribution >= 0.6 is 0 Å². The van der Waals surface area contributed by atoms with Crippen molar-refractivity contribution in [1.82, 2.24) is 19.4 Å². The largest absolute Gasteiger partial charge is 0.340 e. The quantitative estimate of drug-likeness (QED) is 0.796. The molecule has 168 valence electrons. The molecule has 0 atom stereocenters. The first-order valence-electron chi connectivity index (χ1n) is 11.7. The number of nitrogens with one attached hydrogen (secondary N) is 1. The lowest BCUT2D eigenvalue weighted by Gasteiger charge is -2.38. The van der Waals surface area contributed by atoms with E-state index < -0.39 is 0 Å². The zero-order chi connectivity index (χ0) is 22.0. The van der Waals surface area contributed by atoms with Crippen LogP contribution in [0.25, 0.3) is 10.9 Å². The molecule has 1 aromatic heterocycles. The van der Waals surface area contributed by atoms with E-state index >= 15 is 0 Å². The fourth-order valence-electron chi connectivity index (χ4n) is 5.14. The van der Waals surface area contributed by atoms with E-state index in [4.69, 9.17) is 0 Å². The van der Waals surface area contributed by atoms with Crippen molar-refractivity contribution in [2.24, 2.45) is 17.8 Å². The van der Waals surface area contributed by atoms with Gasteiger partial charge in [-0.25, -0.2) is 4.79 Å². The summed E-state index contributed by atoms with van der Waals surface area (Å²) in [6.07, 6.45) is 3.44. The number of hydrogen-bond acceptors (Lipinski definition) is 4. The summed E-state index contributed by atoms with van der Waals surface area (Å²) >= 11 is 0. The monoisotopic (exact) mass is 426 g/mol. The SMILES string of the molecule is CC(C)CN1CCN(C(=O)C2CCC(Cn3c(=O)[nH]c4ccccc4c3=O)CC2)CC1.